The molecule has 0 amide bonds. The molecule has 3 N–H and O–H groups in total. The van der Waals surface area contributed by atoms with E-state index < -0.39 is 0 Å². The third kappa shape index (κ3) is 5.32. The summed E-state index contributed by atoms with van der Waals surface area (Å²) in [4.78, 5) is 13.0. The molecule has 0 aliphatic heterocycles. The molecule has 0 aliphatic rings. The molecule has 2 aromatic heterocycles. The number of nitrogens with zero attached hydrogens (tertiary/aromatic N) is 3. The Morgan fingerprint density at radius 3 is 2.78 bits per heavy atom. The van der Waals surface area contributed by atoms with E-state index in [9.17, 15) is 5.11 Å². The second-order valence-corrected chi connectivity index (χ2v) is 5.81. The number of rotatable bonds is 8. The number of anilines is 1. The standard InChI is InChI=1S/C17H24BN4O/c1-3-5-14(11-23)18-16-13(10-20-17(19)22-16)8-9-15-7-4-6-12(2)21-15/h4,6-7,10,14,23H,3,5,8-9,11H2,1-2H3,(H2,19,20,22). The van der Waals surface area contributed by atoms with Crippen molar-refractivity contribution in [1.29, 1.82) is 0 Å². The monoisotopic (exact) mass is 311 g/mol. The highest BCUT2D eigenvalue weighted by Crippen LogP contribution is 2.12. The highest BCUT2D eigenvalue weighted by atomic mass is 16.3. The summed E-state index contributed by atoms with van der Waals surface area (Å²) < 4.78 is 0. The molecule has 0 spiro atoms. The zero-order chi connectivity index (χ0) is 16.7. The summed E-state index contributed by atoms with van der Waals surface area (Å²) in [7, 11) is 2.01. The Bertz CT molecular complexity index is 636. The number of nitrogens with two attached hydrogens (primary N) is 1. The van der Waals surface area contributed by atoms with Gasteiger partial charge in [0.25, 0.3) is 0 Å². The number of hydrogen-bond donors (Lipinski definition) is 2. The average molecular weight is 311 g/mol. The van der Waals surface area contributed by atoms with Crippen molar-refractivity contribution in [3.05, 3.63) is 41.3 Å². The summed E-state index contributed by atoms with van der Waals surface area (Å²) in [6, 6.07) is 6.04. The molecular formula is C17H24BN4O. The van der Waals surface area contributed by atoms with Crippen molar-refractivity contribution in [3.8, 4) is 0 Å². The van der Waals surface area contributed by atoms with Crippen LogP contribution in [0.2, 0.25) is 5.82 Å². The first kappa shape index (κ1) is 17.4. The maximum Gasteiger partial charge on any atom is 0.219 e. The summed E-state index contributed by atoms with van der Waals surface area (Å²) in [5, 5.41) is 9.50. The molecule has 2 aromatic rings. The highest BCUT2D eigenvalue weighted by molar-refractivity contribution is 6.54. The van der Waals surface area contributed by atoms with Crippen molar-refractivity contribution in [2.24, 2.45) is 0 Å². The third-order valence-corrected chi connectivity index (χ3v) is 3.80. The van der Waals surface area contributed by atoms with E-state index in [2.05, 4.69) is 21.9 Å². The van der Waals surface area contributed by atoms with Crippen LogP contribution in [0.4, 0.5) is 5.95 Å². The Balaban J connectivity index is 2.11. The summed E-state index contributed by atoms with van der Waals surface area (Å²) in [6.45, 7) is 4.22. The van der Waals surface area contributed by atoms with Gasteiger partial charge in [-0.2, -0.15) is 0 Å². The van der Waals surface area contributed by atoms with Crippen molar-refractivity contribution in [1.82, 2.24) is 15.0 Å². The summed E-state index contributed by atoms with van der Waals surface area (Å²) in [5.74, 6) is 0.368. The molecule has 1 unspecified atom stereocenters. The van der Waals surface area contributed by atoms with E-state index in [4.69, 9.17) is 5.73 Å². The average Bonchev–Trinajstić information content (AvgIpc) is 2.53. The topological polar surface area (TPSA) is 84.9 Å². The van der Waals surface area contributed by atoms with Crippen LogP contribution in [0.15, 0.2) is 24.4 Å². The lowest BCUT2D eigenvalue weighted by Crippen LogP contribution is -2.30. The Morgan fingerprint density at radius 1 is 1.26 bits per heavy atom. The predicted octanol–water partition coefficient (Wildman–Crippen LogP) is 1.46. The zero-order valence-corrected chi connectivity index (χ0v) is 13.9. The van der Waals surface area contributed by atoms with Crippen LogP contribution in [0.3, 0.4) is 0 Å². The van der Waals surface area contributed by atoms with Gasteiger partial charge in [-0.15, -0.1) is 0 Å². The van der Waals surface area contributed by atoms with E-state index in [1.807, 2.05) is 32.4 Å². The van der Waals surface area contributed by atoms with Gasteiger partial charge in [0, 0.05) is 29.8 Å². The quantitative estimate of drug-likeness (QED) is 0.721. The molecule has 1 atom stereocenters. The first-order valence-corrected chi connectivity index (χ1v) is 8.12. The van der Waals surface area contributed by atoms with Crippen molar-refractivity contribution < 1.29 is 5.11 Å². The third-order valence-electron chi connectivity index (χ3n) is 3.80. The molecule has 0 saturated carbocycles. The maximum atomic E-state index is 9.50. The lowest BCUT2D eigenvalue weighted by Gasteiger charge is -2.14. The molecule has 2 rings (SSSR count). The normalized spacial score (nSPS) is 12.1. The first-order chi connectivity index (χ1) is 11.1. The van der Waals surface area contributed by atoms with E-state index in [1.165, 1.54) is 0 Å². The van der Waals surface area contributed by atoms with Gasteiger partial charge in [-0.1, -0.05) is 25.8 Å². The van der Waals surface area contributed by atoms with Gasteiger partial charge in [0.05, 0.1) is 0 Å². The van der Waals surface area contributed by atoms with E-state index in [1.54, 1.807) is 6.20 Å². The number of aliphatic hydroxyl groups excluding tert-OH is 1. The van der Waals surface area contributed by atoms with E-state index in [0.29, 0.717) is 0 Å². The SMILES string of the molecule is CCCC([B]c1nc(N)ncc1CCc1cccc(C)n1)CO. The van der Waals surface area contributed by atoms with Crippen LogP contribution in [0.25, 0.3) is 0 Å². The van der Waals surface area contributed by atoms with E-state index >= 15 is 0 Å². The molecule has 5 nitrogen and oxygen atoms in total. The molecule has 1 radical (unpaired) electrons. The summed E-state index contributed by atoms with van der Waals surface area (Å²) >= 11 is 0. The predicted molar refractivity (Wildman–Crippen MR) is 94.0 cm³/mol. The van der Waals surface area contributed by atoms with Crippen LogP contribution in [-0.4, -0.2) is 33.9 Å². The van der Waals surface area contributed by atoms with Gasteiger partial charge in [-0.3, -0.25) is 4.98 Å². The Labute approximate surface area is 138 Å². The Kier molecular flexibility index (Phi) is 6.53. The minimum Gasteiger partial charge on any atom is -0.397 e. The van der Waals surface area contributed by atoms with Crippen molar-refractivity contribution in [2.45, 2.75) is 45.3 Å². The summed E-state index contributed by atoms with van der Waals surface area (Å²) in [5.41, 5.74) is 9.67. The fourth-order valence-electron chi connectivity index (χ4n) is 2.59. The van der Waals surface area contributed by atoms with Gasteiger partial charge in [0.2, 0.25) is 5.95 Å². The number of pyridine rings is 1. The van der Waals surface area contributed by atoms with Crippen molar-refractivity contribution >= 4 is 18.8 Å². The van der Waals surface area contributed by atoms with Crippen molar-refractivity contribution in [3.63, 3.8) is 0 Å². The van der Waals surface area contributed by atoms with Crippen LogP contribution in [0.5, 0.6) is 0 Å². The largest absolute Gasteiger partial charge is 0.397 e. The molecule has 0 bridgehead atoms. The number of hydrogen-bond acceptors (Lipinski definition) is 5. The minimum atomic E-state index is 0.102. The molecular weight excluding hydrogens is 287 g/mol. The molecule has 0 fully saturated rings. The summed E-state index contributed by atoms with van der Waals surface area (Å²) in [6.07, 6.45) is 5.36. The fourth-order valence-corrected chi connectivity index (χ4v) is 2.59. The van der Waals surface area contributed by atoms with E-state index in [0.717, 1.165) is 48.2 Å². The van der Waals surface area contributed by atoms with Gasteiger partial charge in [0.1, 0.15) is 0 Å². The first-order valence-electron chi connectivity index (χ1n) is 8.12. The van der Waals surface area contributed by atoms with Crippen LogP contribution in [-0.2, 0) is 12.8 Å². The van der Waals surface area contributed by atoms with Crippen molar-refractivity contribution in [2.75, 3.05) is 12.3 Å². The van der Waals surface area contributed by atoms with Gasteiger partial charge in [0.15, 0.2) is 7.28 Å². The van der Waals surface area contributed by atoms with Crippen LogP contribution >= 0.6 is 0 Å². The molecule has 0 aromatic carbocycles. The number of aliphatic hydroxyl groups is 1. The van der Waals surface area contributed by atoms with Crippen LogP contribution in [0, 0.1) is 6.92 Å². The zero-order valence-electron chi connectivity index (χ0n) is 13.9. The lowest BCUT2D eigenvalue weighted by molar-refractivity contribution is 0.283. The molecule has 121 valence electrons. The second-order valence-electron chi connectivity index (χ2n) is 5.81. The van der Waals surface area contributed by atoms with Gasteiger partial charge in [-0.25, -0.2) is 9.97 Å². The maximum absolute atomic E-state index is 9.50. The molecule has 0 aliphatic carbocycles. The molecule has 0 saturated heterocycles. The Morgan fingerprint density at radius 2 is 2.09 bits per heavy atom. The van der Waals surface area contributed by atoms with Crippen LogP contribution in [0.1, 0.15) is 36.7 Å². The van der Waals surface area contributed by atoms with Gasteiger partial charge in [-0.05, 0) is 43.3 Å². The molecule has 23 heavy (non-hydrogen) atoms. The molecule has 2 heterocycles. The smallest absolute Gasteiger partial charge is 0.219 e. The number of nitrogen functional groups attached to an aromatic ring is 1. The lowest BCUT2D eigenvalue weighted by atomic mass is 9.59. The highest BCUT2D eigenvalue weighted by Gasteiger charge is 2.15. The minimum absolute atomic E-state index is 0.102. The second kappa shape index (κ2) is 8.63. The fraction of sp³-hybridized carbons (Fsp3) is 0.471. The molecule has 6 heteroatoms. The van der Waals surface area contributed by atoms with Gasteiger partial charge >= 0.3 is 0 Å². The number of aryl methyl sites for hydroxylation is 3. The van der Waals surface area contributed by atoms with E-state index in [-0.39, 0.29) is 18.4 Å². The van der Waals surface area contributed by atoms with Gasteiger partial charge < -0.3 is 10.8 Å². The number of aromatic nitrogens is 3. The van der Waals surface area contributed by atoms with Crippen LogP contribution < -0.4 is 11.3 Å². The Hall–Kier alpha value is -1.95.